The number of benzene rings is 1. The van der Waals surface area contributed by atoms with Gasteiger partial charge < -0.3 is 10.1 Å². The lowest BCUT2D eigenvalue weighted by Crippen LogP contribution is -2.40. The monoisotopic (exact) mass is 311 g/mol. The molecule has 0 amide bonds. The van der Waals surface area contributed by atoms with E-state index in [4.69, 9.17) is 4.74 Å². The van der Waals surface area contributed by atoms with Crippen molar-refractivity contribution in [1.29, 1.82) is 0 Å². The van der Waals surface area contributed by atoms with Crippen molar-refractivity contribution < 1.29 is 9.53 Å². The molecule has 0 aliphatic carbocycles. The van der Waals surface area contributed by atoms with Gasteiger partial charge in [-0.15, -0.1) is 0 Å². The summed E-state index contributed by atoms with van der Waals surface area (Å²) in [6.07, 6.45) is 3.21. The maximum atomic E-state index is 12.4. The van der Waals surface area contributed by atoms with Gasteiger partial charge in [-0.3, -0.25) is 4.79 Å². The molecule has 1 unspecified atom stereocenters. The van der Waals surface area contributed by atoms with E-state index in [1.54, 1.807) is 0 Å². The number of rotatable bonds is 4. The Hall–Kier alpha value is -0.870. The Morgan fingerprint density at radius 3 is 2.94 bits per heavy atom. The zero-order valence-electron chi connectivity index (χ0n) is 10.5. The van der Waals surface area contributed by atoms with Crippen LogP contribution >= 0.6 is 15.9 Å². The summed E-state index contributed by atoms with van der Waals surface area (Å²) < 4.78 is 6.22. The Bertz CT molecular complexity index is 428. The highest BCUT2D eigenvalue weighted by Crippen LogP contribution is 2.25. The number of carbonyl (C=O) groups is 1. The van der Waals surface area contributed by atoms with Crippen LogP contribution in [0.1, 0.15) is 36.5 Å². The van der Waals surface area contributed by atoms with Crippen LogP contribution in [-0.4, -0.2) is 25.0 Å². The number of Topliss-reactive ketones (excluding diaryl/α,β-unsaturated/α-hetero) is 1. The van der Waals surface area contributed by atoms with E-state index in [-0.39, 0.29) is 11.8 Å². The smallest absolute Gasteiger partial charge is 0.180 e. The van der Waals surface area contributed by atoms with Crippen LogP contribution in [0.3, 0.4) is 0 Å². The summed E-state index contributed by atoms with van der Waals surface area (Å²) in [5.74, 6) is 0.960. The van der Waals surface area contributed by atoms with Gasteiger partial charge in [0.2, 0.25) is 0 Å². The number of carbonyl (C=O) groups excluding carboxylic acids is 1. The summed E-state index contributed by atoms with van der Waals surface area (Å²) in [7, 11) is 0. The fourth-order valence-electron chi connectivity index (χ4n) is 2.22. The van der Waals surface area contributed by atoms with Crippen LogP contribution < -0.4 is 10.1 Å². The first-order valence-electron chi connectivity index (χ1n) is 6.42. The van der Waals surface area contributed by atoms with Crippen molar-refractivity contribution >= 4 is 21.7 Å². The third kappa shape index (κ3) is 3.12. The van der Waals surface area contributed by atoms with Crippen molar-refractivity contribution in [2.45, 2.75) is 32.2 Å². The number of nitrogens with one attached hydrogen (secondary N) is 1. The SMILES string of the molecule is CCOc1ccc(C(=O)C2CCCCN2)c(Br)c1. The van der Waals surface area contributed by atoms with Crippen LogP contribution in [0.2, 0.25) is 0 Å². The maximum Gasteiger partial charge on any atom is 0.180 e. The molecule has 0 saturated carbocycles. The molecule has 1 fully saturated rings. The minimum absolute atomic E-state index is 0.0343. The first-order chi connectivity index (χ1) is 8.72. The Kier molecular flexibility index (Phi) is 4.78. The second kappa shape index (κ2) is 6.34. The molecular formula is C14H18BrNO2. The van der Waals surface area contributed by atoms with Gasteiger partial charge in [-0.2, -0.15) is 0 Å². The molecule has 1 aromatic carbocycles. The van der Waals surface area contributed by atoms with E-state index < -0.39 is 0 Å². The molecule has 1 N–H and O–H groups in total. The molecule has 2 rings (SSSR count). The molecule has 1 heterocycles. The van der Waals surface area contributed by atoms with E-state index in [9.17, 15) is 4.79 Å². The van der Waals surface area contributed by atoms with Crippen molar-refractivity contribution in [3.8, 4) is 5.75 Å². The van der Waals surface area contributed by atoms with E-state index in [1.807, 2.05) is 25.1 Å². The van der Waals surface area contributed by atoms with Crippen LogP contribution in [0.5, 0.6) is 5.75 Å². The van der Waals surface area contributed by atoms with Gasteiger partial charge in [0.1, 0.15) is 5.75 Å². The molecule has 18 heavy (non-hydrogen) atoms. The molecule has 0 aromatic heterocycles. The quantitative estimate of drug-likeness (QED) is 0.868. The van der Waals surface area contributed by atoms with Crippen LogP contribution in [0.4, 0.5) is 0 Å². The molecule has 4 heteroatoms. The van der Waals surface area contributed by atoms with Crippen LogP contribution in [0, 0.1) is 0 Å². The number of piperidine rings is 1. The second-order valence-electron chi connectivity index (χ2n) is 4.44. The van der Waals surface area contributed by atoms with Gasteiger partial charge in [-0.05, 0) is 60.4 Å². The van der Waals surface area contributed by atoms with Crippen molar-refractivity contribution in [1.82, 2.24) is 5.32 Å². The van der Waals surface area contributed by atoms with Crippen molar-refractivity contribution in [2.75, 3.05) is 13.2 Å². The predicted molar refractivity (Wildman–Crippen MR) is 75.3 cm³/mol. The van der Waals surface area contributed by atoms with Crippen molar-refractivity contribution in [3.63, 3.8) is 0 Å². The van der Waals surface area contributed by atoms with Gasteiger partial charge in [0.15, 0.2) is 5.78 Å². The first-order valence-corrected chi connectivity index (χ1v) is 7.21. The van der Waals surface area contributed by atoms with Gasteiger partial charge in [-0.1, -0.05) is 6.42 Å². The molecule has 3 nitrogen and oxygen atoms in total. The fourth-order valence-corrected chi connectivity index (χ4v) is 2.77. The average Bonchev–Trinajstić information content (AvgIpc) is 2.40. The molecular weight excluding hydrogens is 294 g/mol. The molecule has 1 aromatic rings. The summed E-state index contributed by atoms with van der Waals surface area (Å²) in [6, 6.07) is 5.52. The molecule has 0 radical (unpaired) electrons. The minimum atomic E-state index is -0.0343. The Morgan fingerprint density at radius 2 is 2.33 bits per heavy atom. The van der Waals surface area contributed by atoms with Crippen molar-refractivity contribution in [2.24, 2.45) is 0 Å². The number of halogens is 1. The Labute approximate surface area is 116 Å². The van der Waals surface area contributed by atoms with Crippen molar-refractivity contribution in [3.05, 3.63) is 28.2 Å². The fraction of sp³-hybridized carbons (Fsp3) is 0.500. The number of ketones is 1. The molecule has 1 aliphatic rings. The van der Waals surface area contributed by atoms with E-state index in [2.05, 4.69) is 21.2 Å². The molecule has 1 saturated heterocycles. The van der Waals surface area contributed by atoms with Crippen LogP contribution in [-0.2, 0) is 0 Å². The second-order valence-corrected chi connectivity index (χ2v) is 5.30. The molecule has 0 bridgehead atoms. The summed E-state index contributed by atoms with van der Waals surface area (Å²) in [4.78, 5) is 12.4. The average molecular weight is 312 g/mol. The first kappa shape index (κ1) is 13.6. The largest absolute Gasteiger partial charge is 0.494 e. The highest BCUT2D eigenvalue weighted by molar-refractivity contribution is 9.10. The zero-order chi connectivity index (χ0) is 13.0. The third-order valence-electron chi connectivity index (χ3n) is 3.14. The standard InChI is InChI=1S/C14H18BrNO2/c1-2-18-10-6-7-11(12(15)9-10)14(17)13-5-3-4-8-16-13/h6-7,9,13,16H,2-5,8H2,1H3. The normalized spacial score (nSPS) is 19.6. The van der Waals surface area contributed by atoms with Crippen LogP contribution in [0.25, 0.3) is 0 Å². The molecule has 0 spiro atoms. The zero-order valence-corrected chi connectivity index (χ0v) is 12.1. The summed E-state index contributed by atoms with van der Waals surface area (Å²) in [5, 5.41) is 3.28. The lowest BCUT2D eigenvalue weighted by molar-refractivity contribution is 0.0926. The summed E-state index contributed by atoms with van der Waals surface area (Å²) >= 11 is 3.46. The number of ether oxygens (including phenoxy) is 1. The predicted octanol–water partition coefficient (Wildman–Crippen LogP) is 3.17. The summed E-state index contributed by atoms with van der Waals surface area (Å²) in [5.41, 5.74) is 0.734. The lowest BCUT2D eigenvalue weighted by atomic mass is 9.96. The third-order valence-corrected chi connectivity index (χ3v) is 3.80. The van der Waals surface area contributed by atoms with E-state index in [0.29, 0.717) is 6.61 Å². The van der Waals surface area contributed by atoms with Gasteiger partial charge in [0.25, 0.3) is 0 Å². The van der Waals surface area contributed by atoms with E-state index >= 15 is 0 Å². The number of hydrogen-bond donors (Lipinski definition) is 1. The van der Waals surface area contributed by atoms with Gasteiger partial charge in [0, 0.05) is 10.0 Å². The van der Waals surface area contributed by atoms with Gasteiger partial charge >= 0.3 is 0 Å². The van der Waals surface area contributed by atoms with E-state index in [1.165, 1.54) is 0 Å². The lowest BCUT2D eigenvalue weighted by Gasteiger charge is -2.22. The highest BCUT2D eigenvalue weighted by atomic mass is 79.9. The topological polar surface area (TPSA) is 38.3 Å². The van der Waals surface area contributed by atoms with E-state index in [0.717, 1.165) is 41.6 Å². The maximum absolute atomic E-state index is 12.4. The van der Waals surface area contributed by atoms with Crippen LogP contribution in [0.15, 0.2) is 22.7 Å². The molecule has 98 valence electrons. The summed E-state index contributed by atoms with van der Waals surface area (Å²) in [6.45, 7) is 3.51. The molecule has 1 aliphatic heterocycles. The highest BCUT2D eigenvalue weighted by Gasteiger charge is 2.23. The Balaban J connectivity index is 2.14. The number of hydrogen-bond acceptors (Lipinski definition) is 3. The van der Waals surface area contributed by atoms with Gasteiger partial charge in [-0.25, -0.2) is 0 Å². The Morgan fingerprint density at radius 1 is 1.50 bits per heavy atom. The van der Waals surface area contributed by atoms with Gasteiger partial charge in [0.05, 0.1) is 12.6 Å². The minimum Gasteiger partial charge on any atom is -0.494 e. The molecule has 1 atom stereocenters.